The molecule has 1 aliphatic rings. The lowest BCUT2D eigenvalue weighted by atomic mass is 9.93. The molecule has 1 atom stereocenters. The van der Waals surface area contributed by atoms with E-state index in [1.54, 1.807) is 61.5 Å². The van der Waals surface area contributed by atoms with E-state index >= 15 is 0 Å². The molecule has 0 saturated carbocycles. The number of ether oxygens (including phenoxy) is 3. The molecular formula is C36H27BrClN3O7S. The molecule has 0 unspecified atom stereocenters. The van der Waals surface area contributed by atoms with Crippen molar-refractivity contribution in [3.63, 3.8) is 0 Å². The van der Waals surface area contributed by atoms with Gasteiger partial charge in [0, 0.05) is 22.7 Å². The van der Waals surface area contributed by atoms with Crippen molar-refractivity contribution in [2.45, 2.75) is 19.6 Å². The molecule has 0 radical (unpaired) electrons. The van der Waals surface area contributed by atoms with Crippen LogP contribution in [-0.2, 0) is 16.1 Å². The summed E-state index contributed by atoms with van der Waals surface area (Å²) in [6.07, 6.45) is 1.73. The maximum atomic E-state index is 14.2. The summed E-state index contributed by atoms with van der Waals surface area (Å²) >= 11 is 11.0. The molecule has 10 nitrogen and oxygen atoms in total. The molecule has 6 rings (SSSR count). The van der Waals surface area contributed by atoms with Gasteiger partial charge in [-0.15, -0.1) is 0 Å². The van der Waals surface area contributed by atoms with Gasteiger partial charge in [-0.05, 0) is 82.0 Å². The number of aromatic nitrogens is 1. The van der Waals surface area contributed by atoms with Crippen LogP contribution in [0.5, 0.6) is 11.5 Å². The number of benzene rings is 4. The minimum Gasteiger partial charge on any atom is -0.493 e. The summed E-state index contributed by atoms with van der Waals surface area (Å²) in [6, 6.07) is 25.1. The standard InChI is InChI=1S/C36H27BrClN3O7S/c1-3-47-35(43)30-31(23-7-5-4-6-8-23)39-36-40(32(30)24-11-13-25(38)14-12-24)34(42)29(49-36)19-22-17-27(37)33(28(18-22)46-2)48-20-21-9-15-26(16-10-21)41(44)45/h4-19,32H,3,20H2,1-2H3/b29-19-/t32-/m1/s1. The van der Waals surface area contributed by atoms with Crippen molar-refractivity contribution in [3.8, 4) is 11.5 Å². The predicted molar refractivity (Wildman–Crippen MR) is 191 cm³/mol. The van der Waals surface area contributed by atoms with Gasteiger partial charge in [-0.3, -0.25) is 19.5 Å². The molecule has 13 heteroatoms. The van der Waals surface area contributed by atoms with E-state index in [0.29, 0.717) is 52.7 Å². The third-order valence-corrected chi connectivity index (χ3v) is 9.46. The van der Waals surface area contributed by atoms with Gasteiger partial charge in [-0.2, -0.15) is 0 Å². The van der Waals surface area contributed by atoms with Gasteiger partial charge in [0.05, 0.1) is 45.0 Å². The number of halogens is 2. The number of nitrogens with zero attached hydrogens (tertiary/aromatic N) is 3. The highest BCUT2D eigenvalue weighted by Crippen LogP contribution is 2.38. The Morgan fingerprint density at radius 2 is 1.80 bits per heavy atom. The summed E-state index contributed by atoms with van der Waals surface area (Å²) in [5.74, 6) is 0.261. The number of methoxy groups -OCH3 is 1. The van der Waals surface area contributed by atoms with Gasteiger partial charge in [0.2, 0.25) is 0 Å². The highest BCUT2D eigenvalue weighted by atomic mass is 79.9. The second-order valence-corrected chi connectivity index (χ2v) is 13.0. The zero-order valence-corrected chi connectivity index (χ0v) is 29.3. The molecular weight excluding hydrogens is 734 g/mol. The predicted octanol–water partition coefficient (Wildman–Crippen LogP) is 6.85. The van der Waals surface area contributed by atoms with E-state index in [1.807, 2.05) is 30.3 Å². The maximum absolute atomic E-state index is 14.2. The van der Waals surface area contributed by atoms with Gasteiger partial charge in [0.1, 0.15) is 6.61 Å². The number of rotatable bonds is 10. The summed E-state index contributed by atoms with van der Waals surface area (Å²) in [6.45, 7) is 2.01. The third kappa shape index (κ3) is 7.07. The van der Waals surface area contributed by atoms with E-state index in [-0.39, 0.29) is 30.0 Å². The quantitative estimate of drug-likeness (QED) is 0.0868. The van der Waals surface area contributed by atoms with Crippen LogP contribution in [0.3, 0.4) is 0 Å². The first-order valence-electron chi connectivity index (χ1n) is 15.0. The molecule has 49 heavy (non-hydrogen) atoms. The molecule has 1 aromatic heterocycles. The zero-order chi connectivity index (χ0) is 34.7. The number of esters is 1. The lowest BCUT2D eigenvalue weighted by molar-refractivity contribution is -0.384. The van der Waals surface area contributed by atoms with Crippen molar-refractivity contribution in [1.29, 1.82) is 0 Å². The monoisotopic (exact) mass is 759 g/mol. The van der Waals surface area contributed by atoms with E-state index in [2.05, 4.69) is 15.9 Å². The van der Waals surface area contributed by atoms with Gasteiger partial charge < -0.3 is 14.2 Å². The van der Waals surface area contributed by atoms with Crippen LogP contribution in [0.2, 0.25) is 5.02 Å². The van der Waals surface area contributed by atoms with Gasteiger partial charge in [0.15, 0.2) is 16.3 Å². The molecule has 248 valence electrons. The van der Waals surface area contributed by atoms with Gasteiger partial charge in [-0.25, -0.2) is 9.79 Å². The minimum absolute atomic E-state index is 0.00923. The fraction of sp³-hybridized carbons (Fsp3) is 0.139. The fourth-order valence-corrected chi connectivity index (χ4v) is 7.09. The molecule has 2 heterocycles. The number of thiazole rings is 1. The second-order valence-electron chi connectivity index (χ2n) is 10.7. The summed E-state index contributed by atoms with van der Waals surface area (Å²) in [7, 11) is 1.51. The van der Waals surface area contributed by atoms with Crippen LogP contribution in [0, 0.1) is 10.1 Å². The van der Waals surface area contributed by atoms with Crippen LogP contribution >= 0.6 is 38.9 Å². The molecule has 5 aromatic rings. The van der Waals surface area contributed by atoms with Crippen molar-refractivity contribution >= 4 is 62.3 Å². The van der Waals surface area contributed by atoms with Crippen molar-refractivity contribution < 1.29 is 23.9 Å². The Labute approximate surface area is 297 Å². The fourth-order valence-electron chi connectivity index (χ4n) is 5.38. The van der Waals surface area contributed by atoms with E-state index in [4.69, 9.17) is 30.8 Å². The van der Waals surface area contributed by atoms with E-state index in [9.17, 15) is 19.7 Å². The first kappa shape index (κ1) is 33.8. The lowest BCUT2D eigenvalue weighted by Crippen LogP contribution is -2.40. The van der Waals surface area contributed by atoms with Crippen molar-refractivity contribution in [2.75, 3.05) is 13.7 Å². The number of hydrogen-bond donors (Lipinski definition) is 0. The SMILES string of the molecule is CCOC(=O)C1=C(c2ccccc2)N=c2s/c(=C\c3cc(Br)c(OCc4ccc([N+](=O)[O-])cc4)c(OC)c3)c(=O)n2[C@@H]1c1ccc(Cl)cc1. The summed E-state index contributed by atoms with van der Waals surface area (Å²) in [4.78, 5) is 43.7. The van der Waals surface area contributed by atoms with Crippen LogP contribution in [-0.4, -0.2) is 29.2 Å². The molecule has 0 N–H and O–H groups in total. The Balaban J connectivity index is 1.45. The van der Waals surface area contributed by atoms with Crippen LogP contribution < -0.4 is 24.4 Å². The van der Waals surface area contributed by atoms with Crippen LogP contribution in [0.15, 0.2) is 111 Å². The number of hydrogen-bond acceptors (Lipinski definition) is 9. The van der Waals surface area contributed by atoms with Gasteiger partial charge in [0.25, 0.3) is 11.2 Å². The molecule has 0 aliphatic carbocycles. The van der Waals surface area contributed by atoms with E-state index in [1.165, 1.54) is 35.1 Å². The van der Waals surface area contributed by atoms with Crippen molar-refractivity contribution in [1.82, 2.24) is 4.57 Å². The molecule has 1 aliphatic heterocycles. The summed E-state index contributed by atoms with van der Waals surface area (Å²) in [5, 5.41) is 11.5. The smallest absolute Gasteiger partial charge is 0.338 e. The highest BCUT2D eigenvalue weighted by molar-refractivity contribution is 9.10. The Bertz CT molecular complexity index is 2270. The first-order chi connectivity index (χ1) is 23.7. The van der Waals surface area contributed by atoms with Gasteiger partial charge in [-0.1, -0.05) is 65.4 Å². The number of carbonyl (C=O) groups is 1. The lowest BCUT2D eigenvalue weighted by Gasteiger charge is -2.25. The third-order valence-electron chi connectivity index (χ3n) is 7.64. The topological polar surface area (TPSA) is 122 Å². The zero-order valence-electron chi connectivity index (χ0n) is 26.1. The number of nitro groups is 1. The average molecular weight is 761 g/mol. The number of fused-ring (bicyclic) bond motifs is 1. The van der Waals surface area contributed by atoms with E-state index < -0.39 is 16.9 Å². The van der Waals surface area contributed by atoms with Crippen LogP contribution in [0.4, 0.5) is 5.69 Å². The highest BCUT2D eigenvalue weighted by Gasteiger charge is 2.35. The number of carbonyl (C=O) groups excluding carboxylic acids is 1. The Kier molecular flexibility index (Phi) is 10.1. The van der Waals surface area contributed by atoms with Crippen molar-refractivity contribution in [2.24, 2.45) is 4.99 Å². The Morgan fingerprint density at radius 3 is 2.45 bits per heavy atom. The van der Waals surface area contributed by atoms with Crippen LogP contribution in [0.1, 0.15) is 35.2 Å². The average Bonchev–Trinajstić information content (AvgIpc) is 3.41. The minimum atomic E-state index is -0.832. The molecule has 0 fully saturated rings. The Hall–Kier alpha value is -5.04. The molecule has 0 bridgehead atoms. The maximum Gasteiger partial charge on any atom is 0.338 e. The molecule has 0 spiro atoms. The molecule has 0 saturated heterocycles. The number of non-ortho nitro benzene ring substituents is 1. The largest absolute Gasteiger partial charge is 0.493 e. The van der Waals surface area contributed by atoms with E-state index in [0.717, 1.165) is 5.56 Å². The number of nitro benzene ring substituents is 1. The second kappa shape index (κ2) is 14.6. The first-order valence-corrected chi connectivity index (χ1v) is 16.9. The van der Waals surface area contributed by atoms with Gasteiger partial charge >= 0.3 is 5.97 Å². The summed E-state index contributed by atoms with van der Waals surface area (Å²) in [5.41, 5.74) is 3.07. The molecule has 0 amide bonds. The summed E-state index contributed by atoms with van der Waals surface area (Å²) < 4.78 is 19.7. The van der Waals surface area contributed by atoms with Crippen LogP contribution in [0.25, 0.3) is 11.8 Å². The normalized spacial score (nSPS) is 14.2. The molecule has 4 aromatic carbocycles. The Morgan fingerprint density at radius 1 is 1.08 bits per heavy atom. The van der Waals surface area contributed by atoms with Crippen molar-refractivity contribution in [3.05, 3.63) is 158 Å².